The Morgan fingerprint density at radius 2 is 1.63 bits per heavy atom. The first kappa shape index (κ1) is 22.9. The molecule has 0 heterocycles. The van der Waals surface area contributed by atoms with E-state index in [2.05, 4.69) is 62.4 Å². The van der Waals surface area contributed by atoms with Crippen molar-refractivity contribution >= 4 is 23.4 Å². The third kappa shape index (κ3) is 6.91. The third-order valence-electron chi connectivity index (χ3n) is 5.70. The fraction of sp³-hybridized carbons (Fsp3) is 0.333. The zero-order valence-corrected chi connectivity index (χ0v) is 19.5. The van der Waals surface area contributed by atoms with E-state index in [1.165, 1.54) is 40.0 Å². The lowest BCUT2D eigenvalue weighted by Gasteiger charge is -2.19. The van der Waals surface area contributed by atoms with Crippen LogP contribution in [0.15, 0.2) is 71.6 Å². The molecule has 1 nitrogen and oxygen atoms in total. The van der Waals surface area contributed by atoms with Gasteiger partial charge in [0.25, 0.3) is 0 Å². The second-order valence-corrected chi connectivity index (χ2v) is 9.63. The van der Waals surface area contributed by atoms with Crippen molar-refractivity contribution in [2.45, 2.75) is 57.0 Å². The van der Waals surface area contributed by atoms with E-state index in [9.17, 15) is 0 Å². The minimum atomic E-state index is 0.107. The molecule has 1 unspecified atom stereocenters. The molecule has 0 aromatic heterocycles. The maximum Gasteiger partial charge on any atom is 0.0681 e. The van der Waals surface area contributed by atoms with Crippen molar-refractivity contribution in [2.75, 3.05) is 5.75 Å². The van der Waals surface area contributed by atoms with E-state index in [0.717, 1.165) is 29.2 Å². The van der Waals surface area contributed by atoms with Crippen LogP contribution in [0.5, 0.6) is 0 Å². The highest BCUT2D eigenvalue weighted by Crippen LogP contribution is 2.30. The summed E-state index contributed by atoms with van der Waals surface area (Å²) < 4.78 is 0. The average molecular weight is 439 g/mol. The lowest BCUT2D eigenvalue weighted by molar-refractivity contribution is 0.282. The molecule has 0 saturated heterocycles. The van der Waals surface area contributed by atoms with Gasteiger partial charge >= 0.3 is 0 Å². The minimum absolute atomic E-state index is 0.107. The fourth-order valence-corrected chi connectivity index (χ4v) is 4.85. The first-order chi connectivity index (χ1) is 14.5. The summed E-state index contributed by atoms with van der Waals surface area (Å²) in [6.45, 7) is 4.47. The van der Waals surface area contributed by atoms with Crippen LogP contribution in [-0.2, 0) is 13.0 Å². The van der Waals surface area contributed by atoms with Crippen LogP contribution in [0.3, 0.4) is 0 Å². The molecule has 0 aliphatic heterocycles. The Hall–Kier alpha value is -1.74. The van der Waals surface area contributed by atoms with E-state index in [-0.39, 0.29) is 6.61 Å². The molecule has 30 heavy (non-hydrogen) atoms. The number of rotatable bonds is 10. The Morgan fingerprint density at radius 3 is 2.33 bits per heavy atom. The summed E-state index contributed by atoms with van der Waals surface area (Å²) in [6, 6.07) is 23.4. The van der Waals surface area contributed by atoms with Crippen molar-refractivity contribution in [1.82, 2.24) is 0 Å². The monoisotopic (exact) mass is 438 g/mol. The normalized spacial score (nSPS) is 12.1. The Balaban J connectivity index is 1.57. The van der Waals surface area contributed by atoms with Crippen molar-refractivity contribution in [1.29, 1.82) is 0 Å². The lowest BCUT2D eigenvalue weighted by atomic mass is 9.87. The molecule has 0 spiro atoms. The molecule has 0 aliphatic rings. The summed E-state index contributed by atoms with van der Waals surface area (Å²) in [5.74, 6) is 1.60. The van der Waals surface area contributed by atoms with Gasteiger partial charge in [-0.1, -0.05) is 60.5 Å². The van der Waals surface area contributed by atoms with Gasteiger partial charge in [0, 0.05) is 9.92 Å². The quantitative estimate of drug-likeness (QED) is 0.258. The first-order valence-electron chi connectivity index (χ1n) is 10.7. The number of hydrogen-bond donors (Lipinski definition) is 1. The van der Waals surface area contributed by atoms with Gasteiger partial charge in [0.2, 0.25) is 0 Å². The molecular weight excluding hydrogens is 408 g/mol. The molecule has 0 bridgehead atoms. The molecule has 0 saturated carbocycles. The van der Waals surface area contributed by atoms with Crippen LogP contribution in [0.4, 0.5) is 0 Å². The first-order valence-corrected chi connectivity index (χ1v) is 12.1. The topological polar surface area (TPSA) is 20.2 Å². The van der Waals surface area contributed by atoms with Gasteiger partial charge in [0.15, 0.2) is 0 Å². The average Bonchev–Trinajstić information content (AvgIpc) is 2.75. The summed E-state index contributed by atoms with van der Waals surface area (Å²) >= 11 is 8.19. The molecule has 3 aromatic rings. The molecule has 3 rings (SSSR count). The number of aliphatic hydroxyl groups is 1. The SMILES string of the molecule is Cc1ccc(CC(CCCCSc2ccc(CO)cc2)c2cccc(Cl)c2)cc1C. The maximum atomic E-state index is 9.16. The van der Waals surface area contributed by atoms with Crippen molar-refractivity contribution in [3.05, 3.63) is 99.6 Å². The number of hydrogen-bond acceptors (Lipinski definition) is 2. The smallest absolute Gasteiger partial charge is 0.0681 e. The molecule has 0 radical (unpaired) electrons. The lowest BCUT2D eigenvalue weighted by Crippen LogP contribution is -2.04. The van der Waals surface area contributed by atoms with Crippen LogP contribution < -0.4 is 0 Å². The van der Waals surface area contributed by atoms with Gasteiger partial charge in [0.05, 0.1) is 6.61 Å². The zero-order chi connectivity index (χ0) is 21.3. The third-order valence-corrected chi connectivity index (χ3v) is 7.03. The maximum absolute atomic E-state index is 9.16. The Morgan fingerprint density at radius 1 is 0.867 bits per heavy atom. The number of aryl methyl sites for hydroxylation is 2. The Labute approximate surface area is 190 Å². The van der Waals surface area contributed by atoms with Gasteiger partial charge in [-0.25, -0.2) is 0 Å². The van der Waals surface area contributed by atoms with Crippen molar-refractivity contribution < 1.29 is 5.11 Å². The molecule has 0 amide bonds. The molecule has 3 heteroatoms. The molecule has 3 aromatic carbocycles. The number of thioether (sulfide) groups is 1. The molecule has 0 fully saturated rings. The highest BCUT2D eigenvalue weighted by Gasteiger charge is 2.13. The predicted octanol–water partition coefficient (Wildman–Crippen LogP) is 7.74. The summed E-state index contributed by atoms with van der Waals surface area (Å²) in [5, 5.41) is 9.98. The van der Waals surface area contributed by atoms with E-state index in [1.54, 1.807) is 0 Å². The fourth-order valence-electron chi connectivity index (χ4n) is 3.74. The summed E-state index contributed by atoms with van der Waals surface area (Å²) in [7, 11) is 0. The van der Waals surface area contributed by atoms with Crippen molar-refractivity contribution in [2.24, 2.45) is 0 Å². The Bertz CT molecular complexity index is 936. The Kier molecular flexibility index (Phi) is 8.87. The van der Waals surface area contributed by atoms with Crippen LogP contribution in [0.25, 0.3) is 0 Å². The van der Waals surface area contributed by atoms with Gasteiger partial charge in [-0.15, -0.1) is 11.8 Å². The highest BCUT2D eigenvalue weighted by atomic mass is 35.5. The predicted molar refractivity (Wildman–Crippen MR) is 131 cm³/mol. The second-order valence-electron chi connectivity index (χ2n) is 8.02. The largest absolute Gasteiger partial charge is 0.392 e. The van der Waals surface area contributed by atoms with Crippen LogP contribution in [0.1, 0.15) is 53.0 Å². The molecule has 158 valence electrons. The van der Waals surface area contributed by atoms with Crippen LogP contribution >= 0.6 is 23.4 Å². The van der Waals surface area contributed by atoms with Gasteiger partial charge in [-0.05, 0) is 96.9 Å². The van der Waals surface area contributed by atoms with Gasteiger partial charge in [0.1, 0.15) is 0 Å². The van der Waals surface area contributed by atoms with Crippen molar-refractivity contribution in [3.63, 3.8) is 0 Å². The van der Waals surface area contributed by atoms with Gasteiger partial charge in [-0.2, -0.15) is 0 Å². The minimum Gasteiger partial charge on any atom is -0.392 e. The standard InChI is InChI=1S/C27H31ClOS/c1-20-9-10-23(16-21(20)2)17-24(25-7-5-8-26(28)18-25)6-3-4-15-30-27-13-11-22(19-29)12-14-27/h5,7-14,16,18,24,29H,3-4,6,15,17,19H2,1-2H3. The summed E-state index contributed by atoms with van der Waals surface area (Å²) in [4.78, 5) is 1.27. The number of unbranched alkanes of at least 4 members (excludes halogenated alkanes) is 1. The molecule has 1 N–H and O–H groups in total. The highest BCUT2D eigenvalue weighted by molar-refractivity contribution is 7.99. The molecule has 0 aliphatic carbocycles. The van der Waals surface area contributed by atoms with Crippen LogP contribution in [0.2, 0.25) is 5.02 Å². The number of halogens is 1. The van der Waals surface area contributed by atoms with Crippen LogP contribution in [0, 0.1) is 13.8 Å². The zero-order valence-electron chi connectivity index (χ0n) is 17.9. The van der Waals surface area contributed by atoms with E-state index in [0.29, 0.717) is 5.92 Å². The van der Waals surface area contributed by atoms with Crippen LogP contribution in [-0.4, -0.2) is 10.9 Å². The summed E-state index contributed by atoms with van der Waals surface area (Å²) in [5.41, 5.74) is 6.42. The van der Waals surface area contributed by atoms with E-state index >= 15 is 0 Å². The van der Waals surface area contributed by atoms with Gasteiger partial charge < -0.3 is 5.11 Å². The van der Waals surface area contributed by atoms with Crippen molar-refractivity contribution in [3.8, 4) is 0 Å². The number of benzene rings is 3. The van der Waals surface area contributed by atoms with E-state index < -0.39 is 0 Å². The molecule has 1 atom stereocenters. The molecular formula is C27H31ClOS. The van der Waals surface area contributed by atoms with E-state index in [4.69, 9.17) is 16.7 Å². The number of aliphatic hydroxyl groups excluding tert-OH is 1. The van der Waals surface area contributed by atoms with E-state index in [1.807, 2.05) is 30.0 Å². The second kappa shape index (κ2) is 11.6. The summed E-state index contributed by atoms with van der Waals surface area (Å²) in [6.07, 6.45) is 4.61. The van der Waals surface area contributed by atoms with Gasteiger partial charge in [-0.3, -0.25) is 0 Å².